The minimum Gasteiger partial charge on any atom is -0.289 e. The number of hydrogen-bond donors (Lipinski definition) is 1. The molecule has 0 fully saturated rings. The minimum absolute atomic E-state index is 0.0189. The number of nitrogens with one attached hydrogen (secondary N) is 1. The van der Waals surface area contributed by atoms with Gasteiger partial charge in [0.1, 0.15) is 5.15 Å². The van der Waals surface area contributed by atoms with Crippen LogP contribution in [-0.4, -0.2) is 24.3 Å². The highest BCUT2D eigenvalue weighted by Crippen LogP contribution is 2.19. The summed E-state index contributed by atoms with van der Waals surface area (Å²) in [4.78, 5) is 34.7. The van der Waals surface area contributed by atoms with Gasteiger partial charge in [-0.1, -0.05) is 11.6 Å². The lowest BCUT2D eigenvalue weighted by molar-refractivity contribution is -0.386. The second kappa shape index (κ2) is 4.93. The normalized spacial score (nSPS) is 10.8. The molecule has 0 bridgehead atoms. The molecule has 10 heteroatoms. The van der Waals surface area contributed by atoms with Gasteiger partial charge in [0.25, 0.3) is 0 Å². The zero-order chi connectivity index (χ0) is 15.0. The van der Waals surface area contributed by atoms with E-state index in [4.69, 9.17) is 11.6 Å². The van der Waals surface area contributed by atoms with Crippen LogP contribution in [0.1, 0.15) is 11.3 Å². The van der Waals surface area contributed by atoms with E-state index in [1.54, 1.807) is 14.0 Å². The van der Waals surface area contributed by atoms with E-state index in [0.29, 0.717) is 16.4 Å². The van der Waals surface area contributed by atoms with Crippen molar-refractivity contribution in [2.24, 2.45) is 7.05 Å². The third-order valence-electron chi connectivity index (χ3n) is 2.79. The van der Waals surface area contributed by atoms with Crippen LogP contribution < -0.4 is 11.2 Å². The monoisotopic (exact) mass is 299 g/mol. The molecule has 0 aliphatic heterocycles. The Balaban J connectivity index is 2.54. The molecule has 2 aromatic heterocycles. The van der Waals surface area contributed by atoms with Crippen molar-refractivity contribution in [3.63, 3.8) is 0 Å². The van der Waals surface area contributed by atoms with E-state index in [0.717, 1.165) is 10.8 Å². The van der Waals surface area contributed by atoms with Crippen molar-refractivity contribution in [1.29, 1.82) is 0 Å². The van der Waals surface area contributed by atoms with Crippen molar-refractivity contribution >= 4 is 17.3 Å². The highest BCUT2D eigenvalue weighted by atomic mass is 35.5. The number of H-pyrrole nitrogens is 1. The van der Waals surface area contributed by atoms with Crippen molar-refractivity contribution in [2.75, 3.05) is 0 Å². The molecular weight excluding hydrogens is 290 g/mol. The molecular formula is C10H10ClN5O4. The summed E-state index contributed by atoms with van der Waals surface area (Å²) in [5, 5.41) is 15.1. The highest BCUT2D eigenvalue weighted by molar-refractivity contribution is 6.30. The van der Waals surface area contributed by atoms with Crippen LogP contribution in [0.25, 0.3) is 0 Å². The van der Waals surface area contributed by atoms with Gasteiger partial charge in [-0.05, 0) is 6.92 Å². The number of halogens is 1. The van der Waals surface area contributed by atoms with Crippen molar-refractivity contribution < 1.29 is 4.92 Å². The molecule has 0 aromatic carbocycles. The average molecular weight is 300 g/mol. The van der Waals surface area contributed by atoms with Crippen molar-refractivity contribution in [3.05, 3.63) is 53.6 Å². The fourth-order valence-electron chi connectivity index (χ4n) is 1.77. The van der Waals surface area contributed by atoms with Crippen LogP contribution in [-0.2, 0) is 13.6 Å². The van der Waals surface area contributed by atoms with E-state index in [-0.39, 0.29) is 6.54 Å². The second-order valence-corrected chi connectivity index (χ2v) is 4.50. The van der Waals surface area contributed by atoms with E-state index >= 15 is 0 Å². The zero-order valence-corrected chi connectivity index (χ0v) is 11.3. The minimum atomic E-state index is -1.04. The van der Waals surface area contributed by atoms with Crippen LogP contribution in [0.2, 0.25) is 5.15 Å². The number of nitro groups is 1. The Labute approximate surface area is 116 Å². The maximum Gasteiger partial charge on any atom is 0.350 e. The van der Waals surface area contributed by atoms with Gasteiger partial charge in [0.05, 0.1) is 23.4 Å². The van der Waals surface area contributed by atoms with E-state index in [1.807, 2.05) is 4.98 Å². The fourth-order valence-corrected chi connectivity index (χ4v) is 2.00. The zero-order valence-electron chi connectivity index (χ0n) is 10.6. The Morgan fingerprint density at radius 2 is 2.15 bits per heavy atom. The maximum atomic E-state index is 11.7. The molecule has 0 radical (unpaired) electrons. The molecule has 0 unspecified atom stereocenters. The topological polar surface area (TPSA) is 116 Å². The van der Waals surface area contributed by atoms with Gasteiger partial charge in [-0.3, -0.25) is 29.1 Å². The van der Waals surface area contributed by atoms with Gasteiger partial charge in [0.2, 0.25) is 0 Å². The van der Waals surface area contributed by atoms with Gasteiger partial charge in [0.15, 0.2) is 0 Å². The molecule has 2 aromatic rings. The van der Waals surface area contributed by atoms with Crippen LogP contribution in [0.15, 0.2) is 15.8 Å². The Morgan fingerprint density at radius 1 is 1.50 bits per heavy atom. The van der Waals surface area contributed by atoms with Crippen LogP contribution in [0.5, 0.6) is 0 Å². The molecule has 0 aliphatic rings. The summed E-state index contributed by atoms with van der Waals surface area (Å²) in [5.74, 6) is 0. The summed E-state index contributed by atoms with van der Waals surface area (Å²) >= 11 is 6.03. The molecule has 0 amide bonds. The van der Waals surface area contributed by atoms with Crippen molar-refractivity contribution in [1.82, 2.24) is 19.3 Å². The molecule has 0 saturated carbocycles. The summed E-state index contributed by atoms with van der Waals surface area (Å²) in [6, 6.07) is 0. The number of aryl methyl sites for hydroxylation is 2. The Kier molecular flexibility index (Phi) is 3.45. The molecule has 0 saturated heterocycles. The predicted molar refractivity (Wildman–Crippen MR) is 70.0 cm³/mol. The van der Waals surface area contributed by atoms with Gasteiger partial charge in [-0.25, -0.2) is 4.79 Å². The first-order valence-corrected chi connectivity index (χ1v) is 5.85. The summed E-state index contributed by atoms with van der Waals surface area (Å²) in [6.07, 6.45) is 0.893. The molecule has 0 atom stereocenters. The fraction of sp³-hybridized carbons (Fsp3) is 0.300. The second-order valence-electron chi connectivity index (χ2n) is 4.14. The van der Waals surface area contributed by atoms with Gasteiger partial charge in [-0.15, -0.1) is 0 Å². The summed E-state index contributed by atoms with van der Waals surface area (Å²) in [7, 11) is 1.64. The number of aromatic amines is 1. The lowest BCUT2D eigenvalue weighted by Crippen LogP contribution is -2.31. The first kappa shape index (κ1) is 14.0. The number of aromatic nitrogens is 4. The number of hydrogen-bond acceptors (Lipinski definition) is 5. The first-order chi connectivity index (χ1) is 9.31. The van der Waals surface area contributed by atoms with Crippen LogP contribution in [0, 0.1) is 17.0 Å². The van der Waals surface area contributed by atoms with Gasteiger partial charge in [-0.2, -0.15) is 5.10 Å². The van der Waals surface area contributed by atoms with Gasteiger partial charge < -0.3 is 0 Å². The lowest BCUT2D eigenvalue weighted by atomic mass is 10.2. The first-order valence-electron chi connectivity index (χ1n) is 5.47. The maximum absolute atomic E-state index is 11.7. The quantitative estimate of drug-likeness (QED) is 0.641. The standard InChI is InChI=1S/C10H10ClN5O4/c1-5-6(8(11)14(2)13-5)3-15-4-7(16(19)20)9(17)12-10(15)18/h4H,3H2,1-2H3,(H,12,17,18). The molecule has 0 spiro atoms. The SMILES string of the molecule is Cc1nn(C)c(Cl)c1Cn1cc([N+](=O)[O-])c(=O)[nH]c1=O. The van der Waals surface area contributed by atoms with E-state index in [1.165, 1.54) is 4.68 Å². The van der Waals surface area contributed by atoms with Gasteiger partial charge in [0, 0.05) is 12.6 Å². The van der Waals surface area contributed by atoms with E-state index in [2.05, 4.69) is 5.10 Å². The van der Waals surface area contributed by atoms with Crippen LogP contribution >= 0.6 is 11.6 Å². The molecule has 1 N–H and O–H groups in total. The van der Waals surface area contributed by atoms with Crippen LogP contribution in [0.3, 0.4) is 0 Å². The van der Waals surface area contributed by atoms with Crippen molar-refractivity contribution in [2.45, 2.75) is 13.5 Å². The Hall–Kier alpha value is -2.42. The average Bonchev–Trinajstić information content (AvgIpc) is 2.58. The molecule has 106 valence electrons. The highest BCUT2D eigenvalue weighted by Gasteiger charge is 2.17. The number of nitrogens with zero attached hydrogens (tertiary/aromatic N) is 4. The molecule has 20 heavy (non-hydrogen) atoms. The largest absolute Gasteiger partial charge is 0.350 e. The van der Waals surface area contributed by atoms with Gasteiger partial charge >= 0.3 is 16.9 Å². The Bertz CT molecular complexity index is 803. The lowest BCUT2D eigenvalue weighted by Gasteiger charge is -2.04. The Morgan fingerprint density at radius 3 is 2.65 bits per heavy atom. The van der Waals surface area contributed by atoms with E-state index < -0.39 is 21.9 Å². The third-order valence-corrected chi connectivity index (χ3v) is 3.26. The number of rotatable bonds is 3. The smallest absolute Gasteiger partial charge is 0.289 e. The van der Waals surface area contributed by atoms with Crippen molar-refractivity contribution in [3.8, 4) is 0 Å². The molecule has 2 rings (SSSR count). The molecule has 9 nitrogen and oxygen atoms in total. The molecule has 2 heterocycles. The predicted octanol–water partition coefficient (Wildman–Crippen LogP) is 0.188. The summed E-state index contributed by atoms with van der Waals surface area (Å²) in [6.45, 7) is 1.68. The van der Waals surface area contributed by atoms with E-state index in [9.17, 15) is 19.7 Å². The van der Waals surface area contributed by atoms with Crippen LogP contribution in [0.4, 0.5) is 5.69 Å². The summed E-state index contributed by atoms with van der Waals surface area (Å²) in [5.41, 5.74) is -1.34. The molecule has 0 aliphatic carbocycles. The third kappa shape index (κ3) is 2.35. The summed E-state index contributed by atoms with van der Waals surface area (Å²) < 4.78 is 2.44.